The number of aromatic nitrogens is 1. The van der Waals surface area contributed by atoms with Crippen molar-refractivity contribution in [1.29, 1.82) is 0 Å². The van der Waals surface area contributed by atoms with Crippen molar-refractivity contribution in [2.45, 2.75) is 19.4 Å². The maximum absolute atomic E-state index is 12.9. The number of carbonyl (C=O) groups is 1. The van der Waals surface area contributed by atoms with E-state index in [2.05, 4.69) is 27.0 Å². The highest BCUT2D eigenvalue weighted by atomic mass is 79.9. The lowest BCUT2D eigenvalue weighted by Gasteiger charge is -2.27. The first-order valence-corrected chi connectivity index (χ1v) is 9.66. The van der Waals surface area contributed by atoms with Crippen molar-refractivity contribution >= 4 is 32.7 Å². The molecule has 27 heavy (non-hydrogen) atoms. The van der Waals surface area contributed by atoms with E-state index in [0.29, 0.717) is 24.5 Å². The van der Waals surface area contributed by atoms with Gasteiger partial charge in [0.15, 0.2) is 11.5 Å². The summed E-state index contributed by atoms with van der Waals surface area (Å²) in [5, 5.41) is 1.18. The Labute approximate surface area is 166 Å². The molecule has 4 rings (SSSR count). The van der Waals surface area contributed by atoms with E-state index in [4.69, 9.17) is 9.47 Å². The molecular weight excluding hydrogens is 408 g/mol. The predicted octanol–water partition coefficient (Wildman–Crippen LogP) is 4.08. The lowest BCUT2D eigenvalue weighted by Crippen LogP contribution is -2.36. The van der Waals surface area contributed by atoms with Gasteiger partial charge in [0, 0.05) is 40.6 Å². The number of nitrogens with zero attached hydrogens (tertiary/aromatic N) is 1. The molecule has 0 saturated carbocycles. The zero-order valence-corrected chi connectivity index (χ0v) is 16.9. The van der Waals surface area contributed by atoms with Crippen LogP contribution in [-0.4, -0.2) is 36.6 Å². The van der Waals surface area contributed by atoms with Crippen LogP contribution in [0.1, 0.15) is 16.8 Å². The molecule has 0 saturated heterocycles. The molecule has 1 N–H and O–H groups in total. The van der Waals surface area contributed by atoms with Crippen LogP contribution < -0.4 is 9.47 Å². The maximum Gasteiger partial charge on any atom is 0.227 e. The van der Waals surface area contributed by atoms with Crippen LogP contribution in [0.5, 0.6) is 11.5 Å². The quantitative estimate of drug-likeness (QED) is 0.680. The van der Waals surface area contributed by atoms with Crippen LogP contribution in [0.25, 0.3) is 10.9 Å². The number of fused-ring (bicyclic) bond motifs is 3. The third-order valence-electron chi connectivity index (χ3n) is 5.12. The summed E-state index contributed by atoms with van der Waals surface area (Å²) in [6, 6.07) is 11.8. The largest absolute Gasteiger partial charge is 0.493 e. The monoisotopic (exact) mass is 428 g/mol. The molecule has 1 aliphatic heterocycles. The molecule has 0 atom stereocenters. The molecule has 1 aromatic heterocycles. The van der Waals surface area contributed by atoms with Gasteiger partial charge >= 0.3 is 0 Å². The van der Waals surface area contributed by atoms with E-state index in [1.165, 1.54) is 16.6 Å². The smallest absolute Gasteiger partial charge is 0.227 e. The molecule has 3 aromatic rings. The van der Waals surface area contributed by atoms with Gasteiger partial charge in [0.05, 0.1) is 26.2 Å². The Balaban J connectivity index is 1.54. The van der Waals surface area contributed by atoms with Crippen molar-refractivity contribution in [3.05, 3.63) is 57.7 Å². The maximum atomic E-state index is 12.9. The summed E-state index contributed by atoms with van der Waals surface area (Å²) in [6.07, 6.45) is 1.19. The lowest BCUT2D eigenvalue weighted by atomic mass is 10.0. The van der Waals surface area contributed by atoms with E-state index in [1.54, 1.807) is 14.2 Å². The minimum absolute atomic E-state index is 0.122. The number of ether oxygens (including phenoxy) is 2. The van der Waals surface area contributed by atoms with Gasteiger partial charge in [-0.25, -0.2) is 0 Å². The van der Waals surface area contributed by atoms with E-state index in [-0.39, 0.29) is 5.91 Å². The number of rotatable bonds is 4. The number of aromatic amines is 1. The average molecular weight is 429 g/mol. The summed E-state index contributed by atoms with van der Waals surface area (Å²) < 4.78 is 11.7. The van der Waals surface area contributed by atoms with Crippen LogP contribution in [0.2, 0.25) is 0 Å². The minimum Gasteiger partial charge on any atom is -0.493 e. The van der Waals surface area contributed by atoms with Crippen LogP contribution in [0.3, 0.4) is 0 Å². The minimum atomic E-state index is 0.122. The molecule has 0 aliphatic carbocycles. The van der Waals surface area contributed by atoms with Crippen molar-refractivity contribution in [2.75, 3.05) is 20.8 Å². The van der Waals surface area contributed by atoms with Crippen molar-refractivity contribution in [1.82, 2.24) is 9.88 Å². The SMILES string of the molecule is COc1ccc(CC(=O)N2CCc3[nH]c4c(Br)cccc4c3C2)cc1OC. The van der Waals surface area contributed by atoms with Gasteiger partial charge in [-0.3, -0.25) is 4.79 Å². The lowest BCUT2D eigenvalue weighted by molar-refractivity contribution is -0.131. The fraction of sp³-hybridized carbons (Fsp3) is 0.286. The Hall–Kier alpha value is -2.47. The van der Waals surface area contributed by atoms with Crippen molar-refractivity contribution in [3.63, 3.8) is 0 Å². The van der Waals surface area contributed by atoms with Crippen LogP contribution in [0.15, 0.2) is 40.9 Å². The molecular formula is C21H21BrN2O3. The van der Waals surface area contributed by atoms with Gasteiger partial charge in [0.25, 0.3) is 0 Å². The van der Waals surface area contributed by atoms with Gasteiger partial charge in [0.1, 0.15) is 0 Å². The Kier molecular flexibility index (Phi) is 4.83. The van der Waals surface area contributed by atoms with E-state index in [1.807, 2.05) is 35.2 Å². The average Bonchev–Trinajstić information content (AvgIpc) is 3.07. The molecule has 2 heterocycles. The van der Waals surface area contributed by atoms with Crippen LogP contribution in [-0.2, 0) is 24.2 Å². The predicted molar refractivity (Wildman–Crippen MR) is 108 cm³/mol. The fourth-order valence-corrected chi connectivity index (χ4v) is 4.16. The molecule has 0 bridgehead atoms. The molecule has 0 radical (unpaired) electrons. The van der Waals surface area contributed by atoms with Crippen LogP contribution in [0.4, 0.5) is 0 Å². The van der Waals surface area contributed by atoms with Crippen LogP contribution in [0, 0.1) is 0 Å². The Morgan fingerprint density at radius 3 is 2.78 bits per heavy atom. The second-order valence-electron chi connectivity index (χ2n) is 6.68. The topological polar surface area (TPSA) is 54.6 Å². The summed E-state index contributed by atoms with van der Waals surface area (Å²) in [4.78, 5) is 18.3. The Morgan fingerprint density at radius 2 is 2.00 bits per heavy atom. The first kappa shape index (κ1) is 17.9. The molecule has 6 heteroatoms. The first-order valence-electron chi connectivity index (χ1n) is 8.87. The number of halogens is 1. The fourth-order valence-electron chi connectivity index (χ4n) is 3.69. The number of H-pyrrole nitrogens is 1. The van der Waals surface area contributed by atoms with E-state index in [9.17, 15) is 4.79 Å². The highest BCUT2D eigenvalue weighted by Gasteiger charge is 2.24. The highest BCUT2D eigenvalue weighted by molar-refractivity contribution is 9.10. The number of para-hydroxylation sites is 1. The van der Waals surface area contributed by atoms with Gasteiger partial charge in [-0.1, -0.05) is 18.2 Å². The normalized spacial score (nSPS) is 13.5. The highest BCUT2D eigenvalue weighted by Crippen LogP contribution is 2.32. The van der Waals surface area contributed by atoms with E-state index >= 15 is 0 Å². The third-order valence-corrected chi connectivity index (χ3v) is 5.78. The molecule has 0 spiro atoms. The van der Waals surface area contributed by atoms with Crippen molar-refractivity contribution in [3.8, 4) is 11.5 Å². The zero-order valence-electron chi connectivity index (χ0n) is 15.3. The Bertz CT molecular complexity index is 1010. The van der Waals surface area contributed by atoms with Gasteiger partial charge in [-0.2, -0.15) is 0 Å². The molecule has 0 fully saturated rings. The second kappa shape index (κ2) is 7.27. The molecule has 2 aromatic carbocycles. The first-order chi connectivity index (χ1) is 13.1. The van der Waals surface area contributed by atoms with E-state index in [0.717, 1.165) is 28.5 Å². The summed E-state index contributed by atoms with van der Waals surface area (Å²) in [6.45, 7) is 1.36. The summed E-state index contributed by atoms with van der Waals surface area (Å²) in [5.41, 5.74) is 4.48. The van der Waals surface area contributed by atoms with Gasteiger partial charge in [0.2, 0.25) is 5.91 Å². The molecule has 140 valence electrons. The van der Waals surface area contributed by atoms with Gasteiger partial charge in [-0.15, -0.1) is 0 Å². The molecule has 1 aliphatic rings. The standard InChI is InChI=1S/C21H21BrN2O3/c1-26-18-7-6-13(10-19(18)27-2)11-20(25)24-9-8-17-15(12-24)14-4-3-5-16(22)21(14)23-17/h3-7,10,23H,8-9,11-12H2,1-2H3. The molecule has 5 nitrogen and oxygen atoms in total. The molecule has 0 unspecified atom stereocenters. The van der Waals surface area contributed by atoms with E-state index < -0.39 is 0 Å². The zero-order chi connectivity index (χ0) is 19.0. The van der Waals surface area contributed by atoms with Gasteiger partial charge in [-0.05, 0) is 39.7 Å². The summed E-state index contributed by atoms with van der Waals surface area (Å²) in [5.74, 6) is 1.43. The number of benzene rings is 2. The third kappa shape index (κ3) is 3.30. The van der Waals surface area contributed by atoms with Crippen LogP contribution >= 0.6 is 15.9 Å². The Morgan fingerprint density at radius 1 is 1.19 bits per heavy atom. The van der Waals surface area contributed by atoms with Crippen molar-refractivity contribution in [2.24, 2.45) is 0 Å². The van der Waals surface area contributed by atoms with Crippen molar-refractivity contribution < 1.29 is 14.3 Å². The number of carbonyl (C=O) groups excluding carboxylic acids is 1. The summed E-state index contributed by atoms with van der Waals surface area (Å²) in [7, 11) is 3.21. The number of nitrogens with one attached hydrogen (secondary N) is 1. The molecule has 1 amide bonds. The number of hydrogen-bond donors (Lipinski definition) is 1. The number of amides is 1. The second-order valence-corrected chi connectivity index (χ2v) is 7.53. The number of hydrogen-bond acceptors (Lipinski definition) is 3. The summed E-state index contributed by atoms with van der Waals surface area (Å²) >= 11 is 3.60. The number of methoxy groups -OCH3 is 2. The van der Waals surface area contributed by atoms with Gasteiger partial charge < -0.3 is 19.4 Å².